The van der Waals surface area contributed by atoms with Crippen molar-refractivity contribution in [3.05, 3.63) is 71.3 Å². The van der Waals surface area contributed by atoms with Gasteiger partial charge in [-0.15, -0.1) is 0 Å². The summed E-state index contributed by atoms with van der Waals surface area (Å²) in [6.45, 7) is 6.57. The van der Waals surface area contributed by atoms with Crippen molar-refractivity contribution < 1.29 is 37.8 Å². The van der Waals surface area contributed by atoms with E-state index in [0.29, 0.717) is 11.6 Å². The molecule has 206 valence electrons. The summed E-state index contributed by atoms with van der Waals surface area (Å²) in [6.07, 6.45) is -2.58. The first-order chi connectivity index (χ1) is 17.8. The summed E-state index contributed by atoms with van der Waals surface area (Å²) in [6, 6.07) is 8.13. The van der Waals surface area contributed by atoms with Crippen molar-refractivity contribution in [2.75, 3.05) is 13.1 Å². The monoisotopic (exact) mass is 534 g/mol. The summed E-state index contributed by atoms with van der Waals surface area (Å²) in [4.78, 5) is 49.8. The Labute approximate surface area is 219 Å². The number of carbonyl (C=O) groups excluding carboxylic acids is 4. The first-order valence-electron chi connectivity index (χ1n) is 11.8. The van der Waals surface area contributed by atoms with Gasteiger partial charge in [0, 0.05) is 19.2 Å². The Morgan fingerprint density at radius 3 is 2.00 bits per heavy atom. The van der Waals surface area contributed by atoms with Crippen LogP contribution in [0.2, 0.25) is 0 Å². The number of hydrogen-bond donors (Lipinski definition) is 5. The van der Waals surface area contributed by atoms with Crippen molar-refractivity contribution in [1.82, 2.24) is 21.3 Å². The first kappa shape index (κ1) is 30.2. The van der Waals surface area contributed by atoms with E-state index < -0.39 is 59.2 Å². The lowest BCUT2D eigenvalue weighted by Gasteiger charge is -2.23. The van der Waals surface area contributed by atoms with Crippen LogP contribution in [0.25, 0.3) is 0 Å². The van der Waals surface area contributed by atoms with Crippen LogP contribution in [0.1, 0.15) is 51.0 Å². The smallest absolute Gasteiger partial charge is 0.407 e. The lowest BCUT2D eigenvalue weighted by atomic mass is 10.1. The zero-order valence-corrected chi connectivity index (χ0v) is 21.5. The maximum atomic E-state index is 13.4. The molecule has 0 saturated heterocycles. The molecule has 2 rings (SSSR count). The Kier molecular flexibility index (Phi) is 10.7. The molecule has 0 aliphatic rings. The highest BCUT2D eigenvalue weighted by Crippen LogP contribution is 2.17. The summed E-state index contributed by atoms with van der Waals surface area (Å²) in [7, 11) is 0. The molecule has 2 aromatic carbocycles. The summed E-state index contributed by atoms with van der Waals surface area (Å²) >= 11 is 0. The lowest BCUT2D eigenvalue weighted by molar-refractivity contribution is -0.135. The van der Waals surface area contributed by atoms with Crippen LogP contribution in [-0.2, 0) is 19.1 Å². The van der Waals surface area contributed by atoms with E-state index in [1.54, 1.807) is 51.1 Å². The summed E-state index contributed by atoms with van der Waals surface area (Å²) in [5, 5.41) is 20.1. The molecule has 4 amide bonds. The first-order valence-corrected chi connectivity index (χ1v) is 11.8. The van der Waals surface area contributed by atoms with E-state index in [1.807, 2.05) is 0 Å². The Hall–Kier alpha value is -4.06. The molecule has 1 unspecified atom stereocenters. The molecule has 0 saturated carbocycles. The second-order valence-electron chi connectivity index (χ2n) is 9.41. The number of ether oxygens (including phenoxy) is 1. The summed E-state index contributed by atoms with van der Waals surface area (Å²) in [5.41, 5.74) is -0.549. The maximum absolute atomic E-state index is 13.4. The van der Waals surface area contributed by atoms with Crippen LogP contribution in [0.5, 0.6) is 0 Å². The number of benzene rings is 2. The predicted molar refractivity (Wildman–Crippen MR) is 133 cm³/mol. The van der Waals surface area contributed by atoms with E-state index in [4.69, 9.17) is 4.74 Å². The molecule has 0 aliphatic heterocycles. The third-order valence-electron chi connectivity index (χ3n) is 4.98. The van der Waals surface area contributed by atoms with E-state index in [2.05, 4.69) is 21.3 Å². The van der Waals surface area contributed by atoms with Gasteiger partial charge in [-0.1, -0.05) is 30.3 Å². The molecule has 5 N–H and O–H groups in total. The predicted octanol–water partition coefficient (Wildman–Crippen LogP) is 2.00. The average molecular weight is 535 g/mol. The molecule has 38 heavy (non-hydrogen) atoms. The van der Waals surface area contributed by atoms with Gasteiger partial charge >= 0.3 is 6.09 Å². The number of hydrogen-bond acceptors (Lipinski definition) is 6. The molecular weight excluding hydrogens is 502 g/mol. The number of carbonyl (C=O) groups is 4. The van der Waals surface area contributed by atoms with E-state index in [0.717, 1.165) is 12.1 Å². The third kappa shape index (κ3) is 9.77. The highest BCUT2D eigenvalue weighted by molar-refractivity contribution is 5.93. The van der Waals surface area contributed by atoms with Gasteiger partial charge in [0.05, 0.1) is 0 Å². The average Bonchev–Trinajstić information content (AvgIpc) is 2.83. The Morgan fingerprint density at radius 2 is 1.42 bits per heavy atom. The normalized spacial score (nSPS) is 13.4. The molecule has 0 spiro atoms. The van der Waals surface area contributed by atoms with Gasteiger partial charge in [0.2, 0.25) is 11.8 Å². The van der Waals surface area contributed by atoms with Crippen molar-refractivity contribution in [1.29, 1.82) is 0 Å². The van der Waals surface area contributed by atoms with Gasteiger partial charge in [0.25, 0.3) is 5.91 Å². The van der Waals surface area contributed by atoms with E-state index in [9.17, 15) is 33.1 Å². The minimum Gasteiger partial charge on any atom is -0.444 e. The Morgan fingerprint density at radius 1 is 0.842 bits per heavy atom. The van der Waals surface area contributed by atoms with Crippen LogP contribution in [0.4, 0.5) is 13.6 Å². The largest absolute Gasteiger partial charge is 0.444 e. The second kappa shape index (κ2) is 13.5. The second-order valence-corrected chi connectivity index (χ2v) is 9.41. The zero-order valence-electron chi connectivity index (χ0n) is 21.5. The molecule has 3 atom stereocenters. The number of amides is 4. The topological polar surface area (TPSA) is 146 Å². The van der Waals surface area contributed by atoms with Gasteiger partial charge in [-0.2, -0.15) is 0 Å². The number of aliphatic hydroxyl groups excluding tert-OH is 1. The van der Waals surface area contributed by atoms with Crippen LogP contribution in [0.3, 0.4) is 0 Å². The zero-order chi connectivity index (χ0) is 28.5. The molecule has 10 nitrogen and oxygen atoms in total. The fourth-order valence-corrected chi connectivity index (χ4v) is 3.22. The standard InChI is InChI=1S/C26H32F2N4O6/c1-15(31-24(36)21(33)17-12-18(27)14-19(28)13-17)22(34)32-20(16-8-6-5-7-9-16)23(35)29-10-11-30-25(37)38-26(2,3)4/h5-9,12-15,20-21,33H,10-11H2,1-4H3,(H,29,35)(H,30,37)(H,31,36)(H,32,34)/t15-,20-,21?/m0/s1. The van der Waals surface area contributed by atoms with Gasteiger partial charge in [-0.3, -0.25) is 14.4 Å². The Balaban J connectivity index is 1.99. The number of aliphatic hydroxyl groups is 1. The van der Waals surface area contributed by atoms with Crippen LogP contribution in [0, 0.1) is 11.6 Å². The van der Waals surface area contributed by atoms with E-state index in [-0.39, 0.29) is 18.7 Å². The molecule has 2 aromatic rings. The molecule has 0 aromatic heterocycles. The minimum absolute atomic E-state index is 0.0416. The van der Waals surface area contributed by atoms with Crippen LogP contribution in [-0.4, -0.2) is 53.7 Å². The van der Waals surface area contributed by atoms with Gasteiger partial charge in [0.15, 0.2) is 6.10 Å². The summed E-state index contributed by atoms with van der Waals surface area (Å²) in [5.74, 6) is -4.35. The Bertz CT molecular complexity index is 1120. The maximum Gasteiger partial charge on any atom is 0.407 e. The van der Waals surface area contributed by atoms with Gasteiger partial charge < -0.3 is 31.1 Å². The number of halogens is 2. The fourth-order valence-electron chi connectivity index (χ4n) is 3.22. The minimum atomic E-state index is -1.93. The van der Waals surface area contributed by atoms with Crippen molar-refractivity contribution in [2.45, 2.75) is 51.5 Å². The van der Waals surface area contributed by atoms with E-state index in [1.165, 1.54) is 6.92 Å². The molecule has 0 aliphatic carbocycles. The SMILES string of the molecule is C[C@H](NC(=O)C(O)c1cc(F)cc(F)c1)C(=O)N[C@H](C(=O)NCCNC(=O)OC(C)(C)C)c1ccccc1. The van der Waals surface area contributed by atoms with Crippen molar-refractivity contribution in [3.63, 3.8) is 0 Å². The van der Waals surface area contributed by atoms with Crippen molar-refractivity contribution >= 4 is 23.8 Å². The molecule has 0 heterocycles. The summed E-state index contributed by atoms with van der Waals surface area (Å²) < 4.78 is 32.0. The van der Waals surface area contributed by atoms with E-state index >= 15 is 0 Å². The quantitative estimate of drug-likeness (QED) is 0.295. The van der Waals surface area contributed by atoms with Gasteiger partial charge in [0.1, 0.15) is 29.3 Å². The molecular formula is C26H32F2N4O6. The van der Waals surface area contributed by atoms with Gasteiger partial charge in [-0.05, 0) is 51.0 Å². The van der Waals surface area contributed by atoms with Crippen molar-refractivity contribution in [3.8, 4) is 0 Å². The number of alkyl carbamates (subject to hydrolysis) is 1. The van der Waals surface area contributed by atoms with Crippen LogP contribution < -0.4 is 21.3 Å². The number of rotatable bonds is 10. The molecule has 12 heteroatoms. The van der Waals surface area contributed by atoms with Crippen molar-refractivity contribution in [2.24, 2.45) is 0 Å². The van der Waals surface area contributed by atoms with Gasteiger partial charge in [-0.25, -0.2) is 13.6 Å². The molecule has 0 bridgehead atoms. The highest BCUT2D eigenvalue weighted by Gasteiger charge is 2.28. The highest BCUT2D eigenvalue weighted by atomic mass is 19.1. The van der Waals surface area contributed by atoms with Crippen LogP contribution >= 0.6 is 0 Å². The van der Waals surface area contributed by atoms with Crippen LogP contribution in [0.15, 0.2) is 48.5 Å². The third-order valence-corrected chi connectivity index (χ3v) is 4.98. The number of nitrogens with one attached hydrogen (secondary N) is 4. The fraction of sp³-hybridized carbons (Fsp3) is 0.385. The molecule has 0 radical (unpaired) electrons. The lowest BCUT2D eigenvalue weighted by Crippen LogP contribution is -2.50. The molecule has 0 fully saturated rings.